The van der Waals surface area contributed by atoms with Crippen LogP contribution in [0.15, 0.2) is 73.8 Å². The molecule has 9 heteroatoms. The molecule has 0 radical (unpaired) electrons. The molecule has 0 saturated carbocycles. The van der Waals surface area contributed by atoms with Crippen molar-refractivity contribution in [2.45, 2.75) is 56.4 Å². The topological polar surface area (TPSA) is 96.4 Å². The zero-order valence-corrected chi connectivity index (χ0v) is 24.8. The number of aliphatic hydroxyl groups excluding tert-OH is 1. The number of hydrogen-bond donors (Lipinski definition) is 1. The van der Waals surface area contributed by atoms with Crippen LogP contribution in [0, 0.1) is 18.8 Å². The van der Waals surface area contributed by atoms with Crippen molar-refractivity contribution in [2.24, 2.45) is 11.8 Å². The van der Waals surface area contributed by atoms with Gasteiger partial charge in [0.15, 0.2) is 0 Å². The Bertz CT molecular complexity index is 1380. The quantitative estimate of drug-likeness (QED) is 0.229. The Kier molecular flexibility index (Phi) is 8.34. The number of rotatable bonds is 11. The molecule has 8 nitrogen and oxygen atoms in total. The molecule has 5 rings (SSSR count). The number of amides is 2. The molecule has 3 aliphatic heterocycles. The molecule has 0 aliphatic carbocycles. The molecule has 3 saturated heterocycles. The van der Waals surface area contributed by atoms with Crippen LogP contribution in [0.25, 0.3) is 0 Å². The van der Waals surface area contributed by atoms with Gasteiger partial charge in [0.2, 0.25) is 5.91 Å². The van der Waals surface area contributed by atoms with E-state index in [9.17, 15) is 19.5 Å². The minimum atomic E-state index is -1.30. The van der Waals surface area contributed by atoms with E-state index in [-0.39, 0.29) is 13.2 Å². The number of carbonyl (C=O) groups excluding carboxylic acids is 3. The van der Waals surface area contributed by atoms with Crippen molar-refractivity contribution < 1.29 is 29.0 Å². The molecule has 1 N–H and O–H groups in total. The summed E-state index contributed by atoms with van der Waals surface area (Å²) >= 11 is 6.65. The number of halogens is 1. The number of hydrogen-bond acceptors (Lipinski definition) is 6. The minimum absolute atomic E-state index is 0.127. The maximum absolute atomic E-state index is 14.9. The number of benzene rings is 2. The van der Waals surface area contributed by atoms with Gasteiger partial charge in [-0.2, -0.15) is 0 Å². The van der Waals surface area contributed by atoms with Crippen molar-refractivity contribution in [1.29, 1.82) is 0 Å². The van der Waals surface area contributed by atoms with Crippen LogP contribution in [0.4, 0.5) is 5.69 Å². The average Bonchev–Trinajstić information content (AvgIpc) is 3.54. The van der Waals surface area contributed by atoms with E-state index in [1.165, 1.54) is 9.80 Å². The summed E-state index contributed by atoms with van der Waals surface area (Å²) in [5, 5.41) is 11.1. The summed E-state index contributed by atoms with van der Waals surface area (Å²) in [6.07, 6.45) is 4.59. The molecular formula is C33H37ClN2O6. The standard InChI is InChI=1S/C33H37ClN2O6/c1-5-7-19-41-31(40)26-25-29(38)36(24(20-37)22-13-9-8-10-14-22)28(33(25)17-16-32(26,4)42-33)30(39)35(18-6-2)27-21(3)12-11-15-23(27)34/h5-6,8-15,24-26,28,37H,1-2,7,16-20H2,3-4H3/t24-,25+,26+,28?,32-,33?/m1/s1. The summed E-state index contributed by atoms with van der Waals surface area (Å²) in [7, 11) is 0. The van der Waals surface area contributed by atoms with Crippen molar-refractivity contribution in [2.75, 3.05) is 24.7 Å². The number of para-hydroxylation sites is 1. The molecule has 2 unspecified atom stereocenters. The van der Waals surface area contributed by atoms with Gasteiger partial charge in [-0.15, -0.1) is 13.2 Å². The lowest BCUT2D eigenvalue weighted by Crippen LogP contribution is -2.57. The molecule has 2 amide bonds. The van der Waals surface area contributed by atoms with E-state index in [0.717, 1.165) is 5.56 Å². The number of nitrogens with zero attached hydrogens (tertiary/aromatic N) is 2. The number of ether oxygens (including phenoxy) is 2. The van der Waals surface area contributed by atoms with Gasteiger partial charge < -0.3 is 24.4 Å². The van der Waals surface area contributed by atoms with Crippen LogP contribution >= 0.6 is 11.6 Å². The van der Waals surface area contributed by atoms with Gasteiger partial charge in [-0.3, -0.25) is 14.4 Å². The summed E-state index contributed by atoms with van der Waals surface area (Å²) in [4.78, 5) is 46.0. The molecule has 6 atom stereocenters. The number of likely N-dealkylation sites (tertiary alicyclic amines) is 1. The molecular weight excluding hydrogens is 556 g/mol. The summed E-state index contributed by atoms with van der Waals surface area (Å²) in [5.74, 6) is -3.23. The normalized spacial score (nSPS) is 28.3. The molecule has 42 heavy (non-hydrogen) atoms. The first-order valence-corrected chi connectivity index (χ1v) is 14.7. The lowest BCUT2D eigenvalue weighted by Gasteiger charge is -2.40. The smallest absolute Gasteiger partial charge is 0.312 e. The van der Waals surface area contributed by atoms with Gasteiger partial charge in [0.25, 0.3) is 5.91 Å². The Morgan fingerprint density at radius 1 is 1.19 bits per heavy atom. The van der Waals surface area contributed by atoms with E-state index in [4.69, 9.17) is 21.1 Å². The van der Waals surface area contributed by atoms with Crippen LogP contribution < -0.4 is 4.90 Å². The van der Waals surface area contributed by atoms with Crippen LogP contribution in [0.1, 0.15) is 43.4 Å². The van der Waals surface area contributed by atoms with Crippen LogP contribution in [0.5, 0.6) is 0 Å². The number of carbonyl (C=O) groups is 3. The SMILES string of the molecule is C=CCCOC(=O)[C@@H]1[C@H]2C(=O)N([C@H](CO)c3ccccc3)C(C(=O)N(CC=C)c3c(C)cccc3Cl)C23CC[C@@]1(C)O3. The highest BCUT2D eigenvalue weighted by Gasteiger charge is 2.79. The molecule has 1 spiro atoms. The second-order valence-electron chi connectivity index (χ2n) is 11.5. The Morgan fingerprint density at radius 3 is 2.57 bits per heavy atom. The van der Waals surface area contributed by atoms with Gasteiger partial charge in [-0.25, -0.2) is 0 Å². The predicted octanol–water partition coefficient (Wildman–Crippen LogP) is 4.79. The van der Waals surface area contributed by atoms with Crippen molar-refractivity contribution in [3.63, 3.8) is 0 Å². The molecule has 3 heterocycles. The monoisotopic (exact) mass is 592 g/mol. The third-order valence-corrected chi connectivity index (χ3v) is 9.30. The second kappa shape index (κ2) is 11.7. The average molecular weight is 593 g/mol. The fraction of sp³-hybridized carbons (Fsp3) is 0.424. The van der Waals surface area contributed by atoms with Gasteiger partial charge in [-0.1, -0.05) is 66.2 Å². The third kappa shape index (κ3) is 4.66. The molecule has 3 aliphatic rings. The number of aliphatic hydroxyl groups is 1. The summed E-state index contributed by atoms with van der Waals surface area (Å²) in [6, 6.07) is 12.5. The van der Waals surface area contributed by atoms with Crippen LogP contribution in [-0.4, -0.2) is 64.8 Å². The number of anilines is 1. The fourth-order valence-electron chi connectivity index (χ4n) is 7.23. The first-order chi connectivity index (χ1) is 20.1. The highest BCUT2D eigenvalue weighted by Crippen LogP contribution is 2.64. The number of fused-ring (bicyclic) bond motifs is 1. The van der Waals surface area contributed by atoms with E-state index in [1.807, 2.05) is 50.2 Å². The zero-order chi connectivity index (χ0) is 30.2. The summed E-state index contributed by atoms with van der Waals surface area (Å²) < 4.78 is 12.3. The van der Waals surface area contributed by atoms with Gasteiger partial charge in [0.1, 0.15) is 17.6 Å². The maximum atomic E-state index is 14.9. The van der Waals surface area contributed by atoms with Crippen LogP contribution in [0.3, 0.4) is 0 Å². The van der Waals surface area contributed by atoms with E-state index in [1.54, 1.807) is 24.3 Å². The van der Waals surface area contributed by atoms with E-state index >= 15 is 0 Å². The first kappa shape index (κ1) is 30.0. The van der Waals surface area contributed by atoms with E-state index < -0.39 is 59.5 Å². The predicted molar refractivity (Wildman–Crippen MR) is 160 cm³/mol. The minimum Gasteiger partial charge on any atom is -0.465 e. The molecule has 3 fully saturated rings. The van der Waals surface area contributed by atoms with Crippen LogP contribution in [-0.2, 0) is 23.9 Å². The highest BCUT2D eigenvalue weighted by atomic mass is 35.5. The van der Waals surface area contributed by atoms with Gasteiger partial charge in [0, 0.05) is 6.54 Å². The molecule has 222 valence electrons. The Labute approximate surface area is 251 Å². The van der Waals surface area contributed by atoms with Crippen LogP contribution in [0.2, 0.25) is 5.02 Å². The molecule has 2 aromatic carbocycles. The van der Waals surface area contributed by atoms with E-state index in [2.05, 4.69) is 13.2 Å². The van der Waals surface area contributed by atoms with Gasteiger partial charge in [0.05, 0.1) is 41.5 Å². The van der Waals surface area contributed by atoms with E-state index in [0.29, 0.717) is 35.5 Å². The molecule has 0 aromatic heterocycles. The summed E-state index contributed by atoms with van der Waals surface area (Å²) in [5.41, 5.74) is -0.340. The Hall–Kier alpha value is -3.46. The highest BCUT2D eigenvalue weighted by molar-refractivity contribution is 6.34. The zero-order valence-electron chi connectivity index (χ0n) is 24.0. The fourth-order valence-corrected chi connectivity index (χ4v) is 7.56. The molecule has 2 bridgehead atoms. The summed E-state index contributed by atoms with van der Waals surface area (Å²) in [6.45, 7) is 11.1. The first-order valence-electron chi connectivity index (χ1n) is 14.3. The van der Waals surface area contributed by atoms with Crippen molar-refractivity contribution in [3.05, 3.63) is 90.0 Å². The van der Waals surface area contributed by atoms with Crippen molar-refractivity contribution in [1.82, 2.24) is 4.90 Å². The maximum Gasteiger partial charge on any atom is 0.312 e. The third-order valence-electron chi connectivity index (χ3n) is 9.00. The Balaban J connectivity index is 1.66. The largest absolute Gasteiger partial charge is 0.465 e. The number of aryl methyl sites for hydroxylation is 1. The Morgan fingerprint density at radius 2 is 1.93 bits per heavy atom. The lowest BCUT2D eigenvalue weighted by molar-refractivity contribution is -0.160. The van der Waals surface area contributed by atoms with Crippen molar-refractivity contribution >= 4 is 35.1 Å². The molecule has 2 aromatic rings. The van der Waals surface area contributed by atoms with Gasteiger partial charge in [-0.05, 0) is 50.3 Å². The van der Waals surface area contributed by atoms with Gasteiger partial charge >= 0.3 is 5.97 Å². The number of esters is 1. The second-order valence-corrected chi connectivity index (χ2v) is 11.9. The lowest BCUT2D eigenvalue weighted by atomic mass is 9.66. The van der Waals surface area contributed by atoms with Crippen molar-refractivity contribution in [3.8, 4) is 0 Å².